The molecule has 0 radical (unpaired) electrons. The zero-order valence-corrected chi connectivity index (χ0v) is 19.5. The summed E-state index contributed by atoms with van der Waals surface area (Å²) in [6.45, 7) is 3.64. The number of aromatic nitrogens is 2. The lowest BCUT2D eigenvalue weighted by atomic mass is 10.1. The second-order valence-electron chi connectivity index (χ2n) is 7.27. The maximum absolute atomic E-state index is 13.2. The Hall–Kier alpha value is -2.23. The Morgan fingerprint density at radius 1 is 1.26 bits per heavy atom. The molecule has 2 aliphatic rings. The fourth-order valence-corrected chi connectivity index (χ4v) is 4.07. The van der Waals surface area contributed by atoms with Gasteiger partial charge in [-0.25, -0.2) is 15.0 Å². The third-order valence-electron chi connectivity index (χ3n) is 5.23. The molecule has 0 aliphatic carbocycles. The molecule has 2 fully saturated rings. The minimum atomic E-state index is -0.470. The minimum absolute atomic E-state index is 0.181. The molecular weight excluding hydrogens is 486 g/mol. The lowest BCUT2D eigenvalue weighted by molar-refractivity contribution is -0.125. The fraction of sp³-hybridized carbons (Fsp3) is 0.429. The van der Waals surface area contributed by atoms with E-state index in [0.717, 1.165) is 11.3 Å². The first-order chi connectivity index (χ1) is 15.0. The molecule has 0 bridgehead atoms. The number of benzene rings is 1. The van der Waals surface area contributed by atoms with Gasteiger partial charge in [-0.05, 0) is 40.0 Å². The van der Waals surface area contributed by atoms with Crippen molar-refractivity contribution in [2.45, 2.75) is 18.3 Å². The van der Waals surface area contributed by atoms with Crippen LogP contribution in [0.15, 0.2) is 40.1 Å². The predicted molar refractivity (Wildman–Crippen MR) is 123 cm³/mol. The molecule has 31 heavy (non-hydrogen) atoms. The standard InChI is InChI=1S/C21H23BrClN5O3/c1-30-15-4-2-14(3-5-15)13-28-7-6-16(23)18(21(28)29)26-19-20(25-17(22)12-24-19)27-8-10-31-11-9-27/h2-5,12,16H,6-11,13H2,1H3. The largest absolute Gasteiger partial charge is 0.497 e. The van der Waals surface area contributed by atoms with Gasteiger partial charge in [0.05, 0.1) is 31.9 Å². The van der Waals surface area contributed by atoms with E-state index < -0.39 is 5.38 Å². The van der Waals surface area contributed by atoms with Gasteiger partial charge in [0.15, 0.2) is 11.6 Å². The van der Waals surface area contributed by atoms with E-state index in [-0.39, 0.29) is 5.91 Å². The number of morpholine rings is 1. The van der Waals surface area contributed by atoms with E-state index in [0.29, 0.717) is 67.8 Å². The second kappa shape index (κ2) is 9.93. The Morgan fingerprint density at radius 2 is 2.00 bits per heavy atom. The number of hydrogen-bond donors (Lipinski definition) is 0. The number of hydrogen-bond acceptors (Lipinski definition) is 7. The molecule has 1 amide bonds. The van der Waals surface area contributed by atoms with E-state index in [1.165, 1.54) is 0 Å². The highest BCUT2D eigenvalue weighted by Crippen LogP contribution is 2.29. The number of rotatable bonds is 5. The molecule has 4 rings (SSSR count). The van der Waals surface area contributed by atoms with Crippen LogP contribution in [0.4, 0.5) is 11.6 Å². The first kappa shape index (κ1) is 22.0. The Morgan fingerprint density at radius 3 is 2.71 bits per heavy atom. The molecule has 1 aromatic heterocycles. The molecule has 1 aromatic carbocycles. The normalized spacial score (nSPS) is 20.9. The van der Waals surface area contributed by atoms with Gasteiger partial charge in [0.1, 0.15) is 16.1 Å². The van der Waals surface area contributed by atoms with Crippen LogP contribution in [0.25, 0.3) is 0 Å². The van der Waals surface area contributed by atoms with Gasteiger partial charge in [0, 0.05) is 26.2 Å². The number of likely N-dealkylation sites (tertiary alicyclic amines) is 1. The van der Waals surface area contributed by atoms with Gasteiger partial charge in [0.25, 0.3) is 5.91 Å². The predicted octanol–water partition coefficient (Wildman–Crippen LogP) is 3.20. The van der Waals surface area contributed by atoms with Crippen LogP contribution in [0, 0.1) is 0 Å². The van der Waals surface area contributed by atoms with Crippen molar-refractivity contribution in [2.24, 2.45) is 4.99 Å². The fourth-order valence-electron chi connectivity index (χ4n) is 3.56. The van der Waals surface area contributed by atoms with Crippen LogP contribution in [-0.4, -0.2) is 71.8 Å². The van der Waals surface area contributed by atoms with E-state index in [1.54, 1.807) is 18.2 Å². The summed E-state index contributed by atoms with van der Waals surface area (Å²) in [4.78, 5) is 30.6. The minimum Gasteiger partial charge on any atom is -0.497 e. The summed E-state index contributed by atoms with van der Waals surface area (Å²) in [5, 5.41) is -0.470. The molecule has 1 unspecified atom stereocenters. The summed E-state index contributed by atoms with van der Waals surface area (Å²) in [5.74, 6) is 1.61. The smallest absolute Gasteiger partial charge is 0.270 e. The molecule has 2 saturated heterocycles. The third-order valence-corrected chi connectivity index (χ3v) is 6.04. The van der Waals surface area contributed by atoms with Gasteiger partial charge in [-0.1, -0.05) is 12.1 Å². The van der Waals surface area contributed by atoms with E-state index >= 15 is 0 Å². The van der Waals surface area contributed by atoms with Crippen LogP contribution in [0.2, 0.25) is 0 Å². The van der Waals surface area contributed by atoms with Crippen LogP contribution >= 0.6 is 27.5 Å². The molecule has 8 nitrogen and oxygen atoms in total. The molecule has 164 valence electrons. The molecule has 2 aliphatic heterocycles. The van der Waals surface area contributed by atoms with E-state index in [4.69, 9.17) is 21.1 Å². The molecule has 10 heteroatoms. The molecule has 1 atom stereocenters. The first-order valence-corrected chi connectivity index (χ1v) is 11.3. The average Bonchev–Trinajstić information content (AvgIpc) is 2.80. The number of halogens is 2. The third kappa shape index (κ3) is 5.16. The summed E-state index contributed by atoms with van der Waals surface area (Å²) in [7, 11) is 1.63. The van der Waals surface area contributed by atoms with E-state index in [2.05, 4.69) is 35.8 Å². The molecule has 0 N–H and O–H groups in total. The summed E-state index contributed by atoms with van der Waals surface area (Å²) >= 11 is 9.90. The van der Waals surface area contributed by atoms with Crippen molar-refractivity contribution in [3.05, 3.63) is 40.6 Å². The average molecular weight is 509 g/mol. The Bertz CT molecular complexity index is 966. The van der Waals surface area contributed by atoms with Gasteiger partial charge in [-0.15, -0.1) is 11.6 Å². The molecule has 2 aromatic rings. The number of methoxy groups -OCH3 is 1. The number of carbonyl (C=O) groups excluding carboxylic acids is 1. The summed E-state index contributed by atoms with van der Waals surface area (Å²) in [6, 6.07) is 7.67. The number of piperidine rings is 1. The van der Waals surface area contributed by atoms with Gasteiger partial charge >= 0.3 is 0 Å². The molecular formula is C21H23BrClN5O3. The highest BCUT2D eigenvalue weighted by Gasteiger charge is 2.32. The van der Waals surface area contributed by atoms with Crippen LogP contribution in [-0.2, 0) is 16.1 Å². The molecule has 3 heterocycles. The zero-order valence-electron chi connectivity index (χ0n) is 17.1. The summed E-state index contributed by atoms with van der Waals surface area (Å²) < 4.78 is 11.2. The van der Waals surface area contributed by atoms with Crippen LogP contribution < -0.4 is 9.64 Å². The number of aliphatic imine (C=N–C) groups is 1. The monoisotopic (exact) mass is 507 g/mol. The summed E-state index contributed by atoms with van der Waals surface area (Å²) in [6.07, 6.45) is 2.20. The van der Waals surface area contributed by atoms with Gasteiger partial charge in [0.2, 0.25) is 0 Å². The number of nitrogens with zero attached hydrogens (tertiary/aromatic N) is 5. The van der Waals surface area contributed by atoms with Crippen molar-refractivity contribution in [2.75, 3.05) is 44.9 Å². The second-order valence-corrected chi connectivity index (χ2v) is 8.61. The van der Waals surface area contributed by atoms with Crippen LogP contribution in [0.1, 0.15) is 12.0 Å². The van der Waals surface area contributed by atoms with Crippen LogP contribution in [0.3, 0.4) is 0 Å². The quantitative estimate of drug-likeness (QED) is 0.577. The van der Waals surface area contributed by atoms with Crippen LogP contribution in [0.5, 0.6) is 5.75 Å². The zero-order chi connectivity index (χ0) is 21.8. The maximum atomic E-state index is 13.2. The highest BCUT2D eigenvalue weighted by molar-refractivity contribution is 9.10. The van der Waals surface area contributed by atoms with E-state index in [9.17, 15) is 4.79 Å². The number of carbonyl (C=O) groups is 1. The van der Waals surface area contributed by atoms with Gasteiger partial charge in [-0.2, -0.15) is 0 Å². The lowest BCUT2D eigenvalue weighted by Gasteiger charge is -2.31. The van der Waals surface area contributed by atoms with Crippen molar-refractivity contribution < 1.29 is 14.3 Å². The Labute approximate surface area is 194 Å². The summed E-state index contributed by atoms with van der Waals surface area (Å²) in [5.41, 5.74) is 1.31. The lowest BCUT2D eigenvalue weighted by Crippen LogP contribution is -2.46. The van der Waals surface area contributed by atoms with Crippen molar-refractivity contribution >= 4 is 50.8 Å². The Balaban J connectivity index is 1.59. The number of ether oxygens (including phenoxy) is 2. The topological polar surface area (TPSA) is 80.2 Å². The number of amides is 1. The van der Waals surface area contributed by atoms with Gasteiger partial charge in [-0.3, -0.25) is 4.79 Å². The first-order valence-electron chi connectivity index (χ1n) is 10.0. The van der Waals surface area contributed by atoms with Crippen molar-refractivity contribution in [3.63, 3.8) is 0 Å². The van der Waals surface area contributed by atoms with Crippen molar-refractivity contribution in [1.82, 2.24) is 14.9 Å². The van der Waals surface area contributed by atoms with Gasteiger partial charge < -0.3 is 19.3 Å². The SMILES string of the molecule is COc1ccc(CN2CCC(Cl)C(=Nc3ncc(Br)nc3N3CCOCC3)C2=O)cc1. The highest BCUT2D eigenvalue weighted by atomic mass is 79.9. The number of anilines is 1. The van der Waals surface area contributed by atoms with Crippen molar-refractivity contribution in [3.8, 4) is 5.75 Å². The van der Waals surface area contributed by atoms with E-state index in [1.807, 2.05) is 24.3 Å². The number of alkyl halides is 1. The van der Waals surface area contributed by atoms with Crippen molar-refractivity contribution in [1.29, 1.82) is 0 Å². The molecule has 0 saturated carbocycles. The molecule has 0 spiro atoms. The Kier molecular flexibility index (Phi) is 7.04. The maximum Gasteiger partial charge on any atom is 0.270 e.